The van der Waals surface area contributed by atoms with Crippen molar-refractivity contribution >= 4 is 17.6 Å². The molecule has 102 valence electrons. The van der Waals surface area contributed by atoms with Crippen molar-refractivity contribution in [2.24, 2.45) is 5.41 Å². The first-order valence-corrected chi connectivity index (χ1v) is 6.36. The number of nitrogens with two attached hydrogens (primary N) is 1. The molecule has 1 aliphatic carbocycles. The third kappa shape index (κ3) is 3.05. The van der Waals surface area contributed by atoms with Gasteiger partial charge in [-0.1, -0.05) is 18.6 Å². The van der Waals surface area contributed by atoms with Crippen LogP contribution in [0.3, 0.4) is 0 Å². The third-order valence-electron chi connectivity index (χ3n) is 3.73. The van der Waals surface area contributed by atoms with Crippen LogP contribution in [-0.2, 0) is 16.0 Å². The first-order chi connectivity index (χ1) is 9.02. The first-order valence-electron chi connectivity index (χ1n) is 6.36. The Hall–Kier alpha value is -2.04. The highest BCUT2D eigenvalue weighted by atomic mass is 16.4. The summed E-state index contributed by atoms with van der Waals surface area (Å²) in [5, 5.41) is 11.9. The fraction of sp³-hybridized carbons (Fsp3) is 0.429. The van der Waals surface area contributed by atoms with Crippen LogP contribution in [0.25, 0.3) is 0 Å². The minimum atomic E-state index is -0.813. The maximum atomic E-state index is 11.8. The SMILES string of the molecule is Nc1ccc(CC(=O)NCC2(C(=O)O)CCC2)cc1. The van der Waals surface area contributed by atoms with E-state index >= 15 is 0 Å². The zero-order valence-corrected chi connectivity index (χ0v) is 10.7. The predicted octanol–water partition coefficient (Wildman–Crippen LogP) is 1.18. The van der Waals surface area contributed by atoms with Crippen molar-refractivity contribution in [1.82, 2.24) is 5.32 Å². The van der Waals surface area contributed by atoms with Gasteiger partial charge in [0.1, 0.15) is 0 Å². The normalized spacial score (nSPS) is 16.4. The van der Waals surface area contributed by atoms with Gasteiger partial charge < -0.3 is 16.2 Å². The molecule has 1 aromatic carbocycles. The summed E-state index contributed by atoms with van der Waals surface area (Å²) in [4.78, 5) is 22.9. The average Bonchev–Trinajstić information content (AvgIpc) is 2.30. The number of carbonyl (C=O) groups excluding carboxylic acids is 1. The Labute approximate surface area is 111 Å². The Balaban J connectivity index is 1.85. The molecular weight excluding hydrogens is 244 g/mol. The topological polar surface area (TPSA) is 92.4 Å². The Morgan fingerprint density at radius 2 is 1.89 bits per heavy atom. The van der Waals surface area contributed by atoms with Gasteiger partial charge in [0.2, 0.25) is 5.91 Å². The molecule has 1 saturated carbocycles. The van der Waals surface area contributed by atoms with E-state index in [1.54, 1.807) is 24.3 Å². The molecule has 5 nitrogen and oxygen atoms in total. The minimum Gasteiger partial charge on any atom is -0.481 e. The van der Waals surface area contributed by atoms with Gasteiger partial charge in [-0.25, -0.2) is 0 Å². The van der Waals surface area contributed by atoms with Crippen LogP contribution < -0.4 is 11.1 Å². The second-order valence-corrected chi connectivity index (χ2v) is 5.13. The van der Waals surface area contributed by atoms with Gasteiger partial charge in [0.15, 0.2) is 0 Å². The number of hydrogen-bond donors (Lipinski definition) is 3. The van der Waals surface area contributed by atoms with Crippen molar-refractivity contribution in [2.75, 3.05) is 12.3 Å². The van der Waals surface area contributed by atoms with Crippen molar-refractivity contribution in [3.05, 3.63) is 29.8 Å². The van der Waals surface area contributed by atoms with Crippen LogP contribution in [0.1, 0.15) is 24.8 Å². The standard InChI is InChI=1S/C14H18N2O3/c15-11-4-2-10(3-5-11)8-12(17)16-9-14(13(18)19)6-1-7-14/h2-5H,1,6-9,15H2,(H,16,17)(H,18,19). The largest absolute Gasteiger partial charge is 0.481 e. The van der Waals surface area contributed by atoms with E-state index < -0.39 is 11.4 Å². The summed E-state index contributed by atoms with van der Waals surface area (Å²) in [7, 11) is 0. The number of rotatable bonds is 5. The highest BCUT2D eigenvalue weighted by molar-refractivity contribution is 5.81. The fourth-order valence-corrected chi connectivity index (χ4v) is 2.22. The maximum absolute atomic E-state index is 11.8. The van der Waals surface area contributed by atoms with E-state index in [9.17, 15) is 9.59 Å². The molecule has 4 N–H and O–H groups in total. The molecule has 0 atom stereocenters. The summed E-state index contributed by atoms with van der Waals surface area (Å²) in [6.07, 6.45) is 2.45. The minimum absolute atomic E-state index is 0.155. The average molecular weight is 262 g/mol. The zero-order chi connectivity index (χ0) is 13.9. The maximum Gasteiger partial charge on any atom is 0.311 e. The monoisotopic (exact) mass is 262 g/mol. The van der Waals surface area contributed by atoms with Gasteiger partial charge in [-0.3, -0.25) is 9.59 Å². The van der Waals surface area contributed by atoms with Gasteiger partial charge in [0, 0.05) is 12.2 Å². The molecule has 2 rings (SSSR count). The number of nitrogen functional groups attached to an aromatic ring is 1. The highest BCUT2D eigenvalue weighted by Crippen LogP contribution is 2.40. The second kappa shape index (κ2) is 5.30. The van der Waals surface area contributed by atoms with Gasteiger partial charge in [0.05, 0.1) is 11.8 Å². The van der Waals surface area contributed by atoms with Crippen molar-refractivity contribution in [3.8, 4) is 0 Å². The summed E-state index contributed by atoms with van der Waals surface area (Å²) < 4.78 is 0. The van der Waals surface area contributed by atoms with E-state index in [-0.39, 0.29) is 18.9 Å². The van der Waals surface area contributed by atoms with Crippen LogP contribution in [0.15, 0.2) is 24.3 Å². The molecular formula is C14H18N2O3. The van der Waals surface area contributed by atoms with Gasteiger partial charge in [-0.15, -0.1) is 0 Å². The first kappa shape index (κ1) is 13.4. The fourth-order valence-electron chi connectivity index (χ4n) is 2.22. The van der Waals surface area contributed by atoms with Gasteiger partial charge in [-0.2, -0.15) is 0 Å². The number of amides is 1. The molecule has 5 heteroatoms. The van der Waals surface area contributed by atoms with E-state index in [0.717, 1.165) is 12.0 Å². The van der Waals surface area contributed by atoms with E-state index in [4.69, 9.17) is 10.8 Å². The molecule has 0 saturated heterocycles. The summed E-state index contributed by atoms with van der Waals surface area (Å²) >= 11 is 0. The molecule has 0 aliphatic heterocycles. The van der Waals surface area contributed by atoms with Crippen LogP contribution >= 0.6 is 0 Å². The third-order valence-corrected chi connectivity index (χ3v) is 3.73. The molecule has 0 aromatic heterocycles. The Bertz CT molecular complexity index is 478. The predicted molar refractivity (Wildman–Crippen MR) is 71.5 cm³/mol. The lowest BCUT2D eigenvalue weighted by Crippen LogP contribution is -2.47. The van der Waals surface area contributed by atoms with E-state index in [1.165, 1.54) is 0 Å². The number of benzene rings is 1. The lowest BCUT2D eigenvalue weighted by molar-refractivity contribution is -0.154. The molecule has 0 heterocycles. The zero-order valence-electron chi connectivity index (χ0n) is 10.7. The molecule has 1 amide bonds. The summed E-state index contributed by atoms with van der Waals surface area (Å²) in [6, 6.07) is 7.08. The van der Waals surface area contributed by atoms with E-state index in [1.807, 2.05) is 0 Å². The quantitative estimate of drug-likeness (QED) is 0.695. The Morgan fingerprint density at radius 1 is 1.26 bits per heavy atom. The van der Waals surface area contributed by atoms with Crippen molar-refractivity contribution in [2.45, 2.75) is 25.7 Å². The van der Waals surface area contributed by atoms with Crippen molar-refractivity contribution < 1.29 is 14.7 Å². The number of carboxylic acids is 1. The van der Waals surface area contributed by atoms with Crippen molar-refractivity contribution in [1.29, 1.82) is 0 Å². The number of nitrogens with one attached hydrogen (secondary N) is 1. The Morgan fingerprint density at radius 3 is 2.37 bits per heavy atom. The number of carboxylic acid groups (broad SMARTS) is 1. The molecule has 0 spiro atoms. The van der Waals surface area contributed by atoms with Crippen molar-refractivity contribution in [3.63, 3.8) is 0 Å². The van der Waals surface area contributed by atoms with Crippen LogP contribution in [-0.4, -0.2) is 23.5 Å². The van der Waals surface area contributed by atoms with Crippen LogP contribution in [0.5, 0.6) is 0 Å². The van der Waals surface area contributed by atoms with E-state index in [0.29, 0.717) is 18.5 Å². The van der Waals surface area contributed by atoms with Gasteiger partial charge in [-0.05, 0) is 30.5 Å². The Kier molecular flexibility index (Phi) is 3.74. The molecule has 1 aliphatic rings. The molecule has 0 radical (unpaired) electrons. The van der Waals surface area contributed by atoms with Crippen LogP contribution in [0.2, 0.25) is 0 Å². The smallest absolute Gasteiger partial charge is 0.311 e. The van der Waals surface area contributed by atoms with Gasteiger partial charge in [0.25, 0.3) is 0 Å². The molecule has 19 heavy (non-hydrogen) atoms. The van der Waals surface area contributed by atoms with E-state index in [2.05, 4.69) is 5.32 Å². The molecule has 1 fully saturated rings. The number of anilines is 1. The second-order valence-electron chi connectivity index (χ2n) is 5.13. The number of aliphatic carboxylic acids is 1. The van der Waals surface area contributed by atoms with Crippen LogP contribution in [0.4, 0.5) is 5.69 Å². The summed E-state index contributed by atoms with van der Waals surface area (Å²) in [6.45, 7) is 0.218. The highest BCUT2D eigenvalue weighted by Gasteiger charge is 2.44. The summed E-state index contributed by atoms with van der Waals surface area (Å²) in [5.74, 6) is -0.969. The molecule has 0 bridgehead atoms. The molecule has 1 aromatic rings. The van der Waals surface area contributed by atoms with Crippen LogP contribution in [0, 0.1) is 5.41 Å². The lowest BCUT2D eigenvalue weighted by Gasteiger charge is -2.37. The molecule has 0 unspecified atom stereocenters. The number of carbonyl (C=O) groups is 2. The summed E-state index contributed by atoms with van der Waals surface area (Å²) in [5.41, 5.74) is 6.35. The lowest BCUT2D eigenvalue weighted by atomic mass is 9.69. The number of hydrogen-bond acceptors (Lipinski definition) is 3. The van der Waals surface area contributed by atoms with Gasteiger partial charge >= 0.3 is 5.97 Å².